The molecule has 0 fully saturated rings. The molecule has 0 spiro atoms. The van der Waals surface area contributed by atoms with Crippen molar-refractivity contribution < 1.29 is 5.11 Å². The number of aliphatic hydroxyl groups excluding tert-OH is 1. The van der Waals surface area contributed by atoms with Gasteiger partial charge in [-0.05, 0) is 63.4 Å². The minimum absolute atomic E-state index is 0.263. The number of aryl methyl sites for hydroxylation is 1. The monoisotopic (exact) mass is 385 g/mol. The number of benzene rings is 3. The minimum Gasteiger partial charge on any atom is -0.396 e. The Bertz CT molecular complexity index is 1110. The molecule has 5 rings (SSSR count). The molecule has 1 aliphatic carbocycles. The van der Waals surface area contributed by atoms with E-state index in [9.17, 15) is 5.11 Å². The molecular weight excluding hydrogens is 362 g/mol. The van der Waals surface area contributed by atoms with Gasteiger partial charge in [0.15, 0.2) is 0 Å². The first-order valence-electron chi connectivity index (χ1n) is 9.74. The third kappa shape index (κ3) is 3.71. The van der Waals surface area contributed by atoms with Gasteiger partial charge in [-0.3, -0.25) is 0 Å². The molecule has 3 aromatic rings. The molecule has 3 aromatic carbocycles. The Balaban J connectivity index is 0.000000203. The second kappa shape index (κ2) is 8.65. The van der Waals surface area contributed by atoms with Crippen molar-refractivity contribution in [3.8, 4) is 6.07 Å². The highest BCUT2D eigenvalue weighted by Crippen LogP contribution is 2.38. The topological polar surface area (TPSA) is 44.0 Å². The third-order valence-electron chi connectivity index (χ3n) is 5.56. The number of thioether (sulfide) groups is 1. The second-order valence-corrected chi connectivity index (χ2v) is 8.14. The van der Waals surface area contributed by atoms with Crippen molar-refractivity contribution in [3.05, 3.63) is 82.8 Å². The molecule has 0 amide bonds. The molecule has 0 bridgehead atoms. The Hall–Kier alpha value is -2.54. The van der Waals surface area contributed by atoms with Gasteiger partial charge in [-0.1, -0.05) is 54.6 Å². The first-order valence-corrected chi connectivity index (χ1v) is 10.8. The van der Waals surface area contributed by atoms with E-state index in [2.05, 4.69) is 54.6 Å². The Labute approximate surface area is 170 Å². The van der Waals surface area contributed by atoms with Crippen LogP contribution in [0.2, 0.25) is 0 Å². The Morgan fingerprint density at radius 1 is 1.04 bits per heavy atom. The van der Waals surface area contributed by atoms with Gasteiger partial charge in [0, 0.05) is 23.9 Å². The summed E-state index contributed by atoms with van der Waals surface area (Å²) in [6.07, 6.45) is 7.19. The molecule has 2 nitrogen and oxygen atoms in total. The van der Waals surface area contributed by atoms with Crippen molar-refractivity contribution in [3.63, 3.8) is 0 Å². The molecule has 3 heteroatoms. The molecule has 0 aromatic heterocycles. The number of hydrogen-bond acceptors (Lipinski definition) is 3. The fourth-order valence-corrected chi connectivity index (χ4v) is 4.82. The van der Waals surface area contributed by atoms with E-state index in [4.69, 9.17) is 5.26 Å². The molecule has 0 saturated carbocycles. The van der Waals surface area contributed by atoms with E-state index in [1.807, 2.05) is 17.6 Å². The van der Waals surface area contributed by atoms with E-state index < -0.39 is 0 Å². The van der Waals surface area contributed by atoms with Crippen LogP contribution in [0.25, 0.3) is 21.5 Å². The summed E-state index contributed by atoms with van der Waals surface area (Å²) < 4.78 is 0. The molecule has 1 unspecified atom stereocenters. The lowest BCUT2D eigenvalue weighted by molar-refractivity contribution is 0.254. The van der Waals surface area contributed by atoms with E-state index in [0.29, 0.717) is 5.92 Å². The van der Waals surface area contributed by atoms with Gasteiger partial charge in [0.25, 0.3) is 0 Å². The Kier molecular flexibility index (Phi) is 5.81. The van der Waals surface area contributed by atoms with Gasteiger partial charge < -0.3 is 5.11 Å². The fraction of sp³-hybridized carbons (Fsp3) is 0.240. The van der Waals surface area contributed by atoms with Crippen LogP contribution in [-0.4, -0.2) is 17.5 Å². The molecule has 0 saturated heterocycles. The van der Waals surface area contributed by atoms with E-state index >= 15 is 0 Å². The standard InChI is InChI=1S/C19H18O.C6H5NS/c20-12-15-6-3-5-14-9-10-17-16-7-2-1-4-13(16)8-11-18(17)19(14)15;7-5-6-1-3-8-4-2-6/h1-2,4,7-11,15,20H,3,5-6,12H2;1-3H,4H2. The largest absolute Gasteiger partial charge is 0.396 e. The van der Waals surface area contributed by atoms with Crippen molar-refractivity contribution in [1.29, 1.82) is 5.26 Å². The minimum atomic E-state index is 0.263. The lowest BCUT2D eigenvalue weighted by Crippen LogP contribution is -2.13. The molecule has 1 aliphatic heterocycles. The van der Waals surface area contributed by atoms with Crippen LogP contribution in [0.5, 0.6) is 0 Å². The predicted octanol–water partition coefficient (Wildman–Crippen LogP) is 6.10. The van der Waals surface area contributed by atoms with E-state index in [0.717, 1.165) is 24.2 Å². The number of fused-ring (bicyclic) bond motifs is 5. The van der Waals surface area contributed by atoms with Crippen LogP contribution in [0.15, 0.2) is 71.7 Å². The first-order chi connectivity index (χ1) is 13.8. The summed E-state index contributed by atoms with van der Waals surface area (Å²) in [5, 5.41) is 25.2. The normalized spacial score (nSPS) is 18.0. The summed E-state index contributed by atoms with van der Waals surface area (Å²) in [7, 11) is 0. The fourth-order valence-electron chi connectivity index (χ4n) is 4.19. The molecule has 0 radical (unpaired) electrons. The first kappa shape index (κ1) is 18.8. The van der Waals surface area contributed by atoms with Gasteiger partial charge in [0.05, 0.1) is 6.07 Å². The summed E-state index contributed by atoms with van der Waals surface area (Å²) in [6, 6.07) is 19.6. The van der Waals surface area contributed by atoms with Gasteiger partial charge in [-0.25, -0.2) is 0 Å². The van der Waals surface area contributed by atoms with Crippen molar-refractivity contribution >= 4 is 33.3 Å². The summed E-state index contributed by atoms with van der Waals surface area (Å²) in [6.45, 7) is 0.263. The van der Waals surface area contributed by atoms with Crippen molar-refractivity contribution in [2.75, 3.05) is 12.4 Å². The lowest BCUT2D eigenvalue weighted by Gasteiger charge is -2.26. The van der Waals surface area contributed by atoms with E-state index in [-0.39, 0.29) is 6.61 Å². The number of allylic oxidation sites excluding steroid dienone is 2. The Morgan fingerprint density at radius 2 is 1.89 bits per heavy atom. The van der Waals surface area contributed by atoms with Crippen molar-refractivity contribution in [1.82, 2.24) is 0 Å². The lowest BCUT2D eigenvalue weighted by atomic mass is 9.80. The number of rotatable bonds is 1. The summed E-state index contributed by atoms with van der Waals surface area (Å²) in [4.78, 5) is 0. The van der Waals surface area contributed by atoms with Crippen LogP contribution in [0.4, 0.5) is 0 Å². The van der Waals surface area contributed by atoms with Gasteiger partial charge >= 0.3 is 0 Å². The van der Waals surface area contributed by atoms with Crippen LogP contribution in [0, 0.1) is 11.3 Å². The maximum atomic E-state index is 9.71. The number of nitriles is 1. The highest BCUT2D eigenvalue weighted by atomic mass is 32.2. The predicted molar refractivity (Wildman–Crippen MR) is 120 cm³/mol. The van der Waals surface area contributed by atoms with E-state index in [1.165, 1.54) is 39.1 Å². The summed E-state index contributed by atoms with van der Waals surface area (Å²) in [5.41, 5.74) is 3.60. The number of hydrogen-bond donors (Lipinski definition) is 1. The second-order valence-electron chi connectivity index (χ2n) is 7.20. The quantitative estimate of drug-likeness (QED) is 0.515. The highest BCUT2D eigenvalue weighted by Gasteiger charge is 2.22. The van der Waals surface area contributed by atoms with Gasteiger partial charge in [-0.2, -0.15) is 5.26 Å². The summed E-state index contributed by atoms with van der Waals surface area (Å²) in [5.74, 6) is 1.25. The van der Waals surface area contributed by atoms with Crippen LogP contribution in [0.3, 0.4) is 0 Å². The maximum absolute atomic E-state index is 9.71. The van der Waals surface area contributed by atoms with E-state index in [1.54, 1.807) is 11.8 Å². The zero-order valence-electron chi connectivity index (χ0n) is 15.8. The molecule has 28 heavy (non-hydrogen) atoms. The molecule has 1 heterocycles. The van der Waals surface area contributed by atoms with Crippen molar-refractivity contribution in [2.45, 2.75) is 25.2 Å². The summed E-state index contributed by atoms with van der Waals surface area (Å²) >= 11 is 1.71. The van der Waals surface area contributed by atoms with Crippen LogP contribution < -0.4 is 0 Å². The Morgan fingerprint density at radius 3 is 2.64 bits per heavy atom. The number of nitrogens with zero attached hydrogens (tertiary/aromatic N) is 1. The van der Waals surface area contributed by atoms with Gasteiger partial charge in [0.1, 0.15) is 0 Å². The highest BCUT2D eigenvalue weighted by molar-refractivity contribution is 8.02. The van der Waals surface area contributed by atoms with Crippen LogP contribution in [0.1, 0.15) is 29.9 Å². The average molecular weight is 386 g/mol. The SMILES string of the molecule is N#CC1=CCSC=C1.OCC1CCCc2ccc3c(ccc4ccccc43)c21. The number of aliphatic hydroxyl groups is 1. The molecule has 2 aliphatic rings. The average Bonchev–Trinajstić information content (AvgIpc) is 2.79. The third-order valence-corrected chi connectivity index (χ3v) is 6.25. The molecule has 140 valence electrons. The maximum Gasteiger partial charge on any atom is 0.0988 e. The smallest absolute Gasteiger partial charge is 0.0988 e. The van der Waals surface area contributed by atoms with Gasteiger partial charge in [0.2, 0.25) is 0 Å². The van der Waals surface area contributed by atoms with Crippen LogP contribution in [-0.2, 0) is 6.42 Å². The van der Waals surface area contributed by atoms with Crippen molar-refractivity contribution in [2.24, 2.45) is 0 Å². The molecule has 1 atom stereocenters. The van der Waals surface area contributed by atoms with Crippen LogP contribution >= 0.6 is 11.8 Å². The zero-order chi connectivity index (χ0) is 19.3. The van der Waals surface area contributed by atoms with Gasteiger partial charge in [-0.15, -0.1) is 11.8 Å². The molecular formula is C25H23NOS. The zero-order valence-corrected chi connectivity index (χ0v) is 16.6. The molecule has 1 N–H and O–H groups in total.